The van der Waals surface area contributed by atoms with Crippen LogP contribution in [0.1, 0.15) is 6.42 Å². The second-order valence-electron chi connectivity index (χ2n) is 3.84. The molecule has 3 saturated heterocycles. The van der Waals surface area contributed by atoms with E-state index in [9.17, 15) is 8.42 Å². The summed E-state index contributed by atoms with van der Waals surface area (Å²) in [4.78, 5) is 0. The average molecular weight is 331 g/mol. The maximum Gasteiger partial charge on any atom is 0.217 e. The van der Waals surface area contributed by atoms with Gasteiger partial charge in [0.2, 0.25) is 10.0 Å². The summed E-state index contributed by atoms with van der Waals surface area (Å²) in [6.07, 6.45) is 0.274. The molecule has 0 aromatic carbocycles. The highest BCUT2D eigenvalue weighted by Gasteiger charge is 2.64. The van der Waals surface area contributed by atoms with Crippen LogP contribution in [0.3, 0.4) is 0 Å². The van der Waals surface area contributed by atoms with E-state index >= 15 is 0 Å². The fourth-order valence-corrected chi connectivity index (χ4v) is 4.92. The van der Waals surface area contributed by atoms with Crippen LogP contribution in [0.25, 0.3) is 0 Å². The first kappa shape index (κ1) is 9.76. The molecule has 5 atom stereocenters. The third-order valence-corrected chi connectivity index (χ3v) is 5.41. The molecule has 7 heteroatoms. The van der Waals surface area contributed by atoms with Gasteiger partial charge >= 0.3 is 0 Å². The van der Waals surface area contributed by atoms with Crippen molar-refractivity contribution in [3.8, 4) is 0 Å². The number of ether oxygens (including phenoxy) is 2. The molecule has 0 aromatic rings. The second-order valence-corrected chi connectivity index (χ2v) is 6.40. The van der Waals surface area contributed by atoms with E-state index < -0.39 is 10.0 Å². The first-order valence-corrected chi connectivity index (χ1v) is 7.55. The molecule has 0 amide bonds. The van der Waals surface area contributed by atoms with Crippen LogP contribution < -0.4 is 4.72 Å². The predicted octanol–water partition coefficient (Wildman–Crippen LogP) is -0.395. The fraction of sp³-hybridized carbons (Fsp3) is 1.00. The molecule has 0 aliphatic carbocycles. The topological polar surface area (TPSA) is 64.6 Å². The number of halogens is 1. The Balaban J connectivity index is 1.93. The van der Waals surface area contributed by atoms with Crippen LogP contribution in [0.5, 0.6) is 0 Å². The summed E-state index contributed by atoms with van der Waals surface area (Å²) in [7, 11) is -3.14. The van der Waals surface area contributed by atoms with E-state index in [1.165, 1.54) is 0 Å². The minimum absolute atomic E-state index is 0.0328. The maximum absolute atomic E-state index is 11.6. The van der Waals surface area contributed by atoms with E-state index in [-0.39, 0.29) is 29.6 Å². The van der Waals surface area contributed by atoms with Crippen LogP contribution in [-0.2, 0) is 19.5 Å². The van der Waals surface area contributed by atoms with E-state index in [1.807, 2.05) is 0 Å². The summed E-state index contributed by atoms with van der Waals surface area (Å²) >= 11 is 2.11. The van der Waals surface area contributed by atoms with E-state index in [2.05, 4.69) is 27.3 Å². The van der Waals surface area contributed by atoms with Crippen molar-refractivity contribution in [3.05, 3.63) is 0 Å². The van der Waals surface area contributed by atoms with Gasteiger partial charge in [-0.05, 0) is 6.42 Å². The zero-order valence-corrected chi connectivity index (χ0v) is 10.2. The SMILES string of the molecule is O=S1(=O)NC2C(OCI)C3CC1C2O3. The lowest BCUT2D eigenvalue weighted by molar-refractivity contribution is 0.0202. The van der Waals surface area contributed by atoms with Gasteiger partial charge in [-0.2, -0.15) is 0 Å². The zero-order chi connectivity index (χ0) is 9.92. The van der Waals surface area contributed by atoms with Crippen molar-refractivity contribution >= 4 is 32.6 Å². The van der Waals surface area contributed by atoms with Crippen LogP contribution in [0.2, 0.25) is 0 Å². The number of sulfonamides is 1. The van der Waals surface area contributed by atoms with Gasteiger partial charge in [-0.25, -0.2) is 13.1 Å². The first-order valence-electron chi connectivity index (χ1n) is 4.47. The van der Waals surface area contributed by atoms with Crippen LogP contribution in [0.4, 0.5) is 0 Å². The molecule has 1 N–H and O–H groups in total. The van der Waals surface area contributed by atoms with Gasteiger partial charge in [0.05, 0.1) is 22.9 Å². The highest BCUT2D eigenvalue weighted by molar-refractivity contribution is 14.1. The quantitative estimate of drug-likeness (QED) is 0.553. The van der Waals surface area contributed by atoms with Gasteiger partial charge in [-0.1, -0.05) is 22.6 Å². The van der Waals surface area contributed by atoms with Crippen LogP contribution in [-0.4, -0.2) is 42.6 Å². The molecule has 3 rings (SSSR count). The Morgan fingerprint density at radius 1 is 1.57 bits per heavy atom. The van der Waals surface area contributed by atoms with Crippen molar-refractivity contribution < 1.29 is 17.9 Å². The monoisotopic (exact) mass is 331 g/mol. The lowest BCUT2D eigenvalue weighted by Gasteiger charge is -2.21. The highest BCUT2D eigenvalue weighted by Crippen LogP contribution is 2.44. The van der Waals surface area contributed by atoms with Crippen molar-refractivity contribution in [1.29, 1.82) is 0 Å². The number of rotatable bonds is 2. The molecule has 5 nitrogen and oxygen atoms in total. The summed E-state index contributed by atoms with van der Waals surface area (Å²) in [6.45, 7) is 0. The molecule has 0 radical (unpaired) electrons. The summed E-state index contributed by atoms with van der Waals surface area (Å²) < 4.78 is 37.5. The maximum atomic E-state index is 11.6. The third-order valence-electron chi connectivity index (χ3n) is 3.19. The minimum atomic E-state index is -3.14. The van der Waals surface area contributed by atoms with Crippen molar-refractivity contribution in [2.75, 3.05) is 4.61 Å². The Hall–Kier alpha value is 0.560. The normalized spacial score (nSPS) is 52.8. The lowest BCUT2D eigenvalue weighted by atomic mass is 9.93. The summed E-state index contributed by atoms with van der Waals surface area (Å²) in [5.74, 6) is 0. The van der Waals surface area contributed by atoms with Crippen molar-refractivity contribution in [2.45, 2.75) is 36.0 Å². The van der Waals surface area contributed by atoms with Crippen LogP contribution in [0, 0.1) is 0 Å². The van der Waals surface area contributed by atoms with Gasteiger partial charge in [0.15, 0.2) is 0 Å². The van der Waals surface area contributed by atoms with Gasteiger partial charge in [0.1, 0.15) is 11.4 Å². The molecule has 0 aromatic heterocycles. The van der Waals surface area contributed by atoms with Crippen molar-refractivity contribution in [2.24, 2.45) is 0 Å². The molecule has 3 fully saturated rings. The first-order chi connectivity index (χ1) is 6.63. The number of hydrogen-bond donors (Lipinski definition) is 1. The number of nitrogens with one attached hydrogen (secondary N) is 1. The molecule has 2 bridgehead atoms. The molecule has 3 aliphatic heterocycles. The fourth-order valence-electron chi connectivity index (χ4n) is 2.65. The van der Waals surface area contributed by atoms with E-state index in [4.69, 9.17) is 9.47 Å². The van der Waals surface area contributed by atoms with Gasteiger partial charge in [0, 0.05) is 0 Å². The van der Waals surface area contributed by atoms with Crippen molar-refractivity contribution in [3.63, 3.8) is 0 Å². The Labute approximate surface area is 95.7 Å². The zero-order valence-electron chi connectivity index (χ0n) is 7.22. The summed E-state index contributed by atoms with van der Waals surface area (Å²) in [5, 5.41) is -0.341. The molecule has 3 aliphatic rings. The Morgan fingerprint density at radius 2 is 2.36 bits per heavy atom. The van der Waals surface area contributed by atoms with Gasteiger partial charge in [-0.3, -0.25) is 0 Å². The molecular weight excluding hydrogens is 321 g/mol. The average Bonchev–Trinajstić information content (AvgIpc) is 2.68. The van der Waals surface area contributed by atoms with Gasteiger partial charge < -0.3 is 9.47 Å². The molecule has 0 saturated carbocycles. The third kappa shape index (κ3) is 1.13. The number of hydrogen-bond acceptors (Lipinski definition) is 4. The Bertz CT molecular complexity index is 359. The van der Waals surface area contributed by atoms with E-state index in [1.54, 1.807) is 0 Å². The number of fused-ring (bicyclic) bond motifs is 1. The molecule has 5 unspecified atom stereocenters. The van der Waals surface area contributed by atoms with Crippen LogP contribution in [0.15, 0.2) is 0 Å². The summed E-state index contributed by atoms with van der Waals surface area (Å²) in [6, 6.07) is -0.154. The Kier molecular flexibility index (Phi) is 2.11. The predicted molar refractivity (Wildman–Crippen MR) is 56.7 cm³/mol. The van der Waals surface area contributed by atoms with E-state index in [0.29, 0.717) is 11.0 Å². The highest BCUT2D eigenvalue weighted by atomic mass is 127. The van der Waals surface area contributed by atoms with Crippen molar-refractivity contribution in [1.82, 2.24) is 4.72 Å². The molecule has 80 valence electrons. The molecule has 0 spiro atoms. The largest absolute Gasteiger partial charge is 0.369 e. The molecular formula is C7H10INO4S. The standard InChI is InChI=1S/C7H10INO4S/c8-2-12-6-3-1-4-7(13-3)5(6)9-14(4,10)11/h3-7,9H,1-2H2. The smallest absolute Gasteiger partial charge is 0.217 e. The van der Waals surface area contributed by atoms with E-state index in [0.717, 1.165) is 0 Å². The van der Waals surface area contributed by atoms with Crippen LogP contribution >= 0.6 is 22.6 Å². The van der Waals surface area contributed by atoms with Gasteiger partial charge in [-0.15, -0.1) is 0 Å². The Morgan fingerprint density at radius 3 is 3.07 bits per heavy atom. The van der Waals surface area contributed by atoms with Gasteiger partial charge in [0.25, 0.3) is 0 Å². The molecule has 3 heterocycles. The number of alkyl halides is 1. The second kappa shape index (κ2) is 3.03. The summed E-state index contributed by atoms with van der Waals surface area (Å²) in [5.41, 5.74) is 0. The molecule has 14 heavy (non-hydrogen) atoms. The lowest BCUT2D eigenvalue weighted by Crippen LogP contribution is -2.43. The minimum Gasteiger partial charge on any atom is -0.369 e.